The topological polar surface area (TPSA) is 65.0 Å². The number of para-hydroxylation sites is 1. The Hall–Kier alpha value is -8.41. The van der Waals surface area contributed by atoms with Crippen LogP contribution in [0.4, 0.5) is 0 Å². The summed E-state index contributed by atoms with van der Waals surface area (Å²) < 4.78 is 12.9. The van der Waals surface area contributed by atoms with Gasteiger partial charge in [0.2, 0.25) is 0 Å². The van der Waals surface area contributed by atoms with Crippen molar-refractivity contribution in [3.8, 4) is 78.7 Å². The molecule has 0 aliphatic heterocycles. The minimum atomic E-state index is -0.0704. The molecule has 0 N–H and O–H groups in total. The quantitative estimate of drug-likeness (QED) is 0.167. The van der Waals surface area contributed by atoms with Crippen molar-refractivity contribution in [2.45, 2.75) is 19.3 Å². The van der Waals surface area contributed by atoms with Crippen LogP contribution in [-0.4, -0.2) is 15.0 Å². The van der Waals surface area contributed by atoms with Gasteiger partial charge in [0.15, 0.2) is 17.5 Å². The lowest BCUT2D eigenvalue weighted by molar-refractivity contribution is 0.660. The highest BCUT2D eigenvalue weighted by molar-refractivity contribution is 6.13. The highest BCUT2D eigenvalue weighted by atomic mass is 16.3. The maximum absolute atomic E-state index is 6.59. The van der Waals surface area contributed by atoms with Crippen LogP contribution in [0.1, 0.15) is 25.0 Å². The Bertz CT molecular complexity index is 3880. The fourth-order valence-electron chi connectivity index (χ4n) is 10.1. The standard InChI is InChI=1S/C60H39N3O2/c1-60(2)49-24-8-6-21-46(49)55-43(22-12-25-50(55)60)40-18-10-17-38(32-40)39-29-31-52-48(34-39)56-47(23-13-27-53(56)64-52)59-62-57(41-19-11-16-37(33-41)36-14-4-3-5-15-36)61-58(63-59)42-28-30-45-44-20-7-9-26-51(44)65-54(45)35-42/h3-35H,1-2H3. The monoisotopic (exact) mass is 833 g/mol. The SMILES string of the molecule is CC1(C)c2ccccc2-c2c(-c3cccc(-c4ccc5oc6cccc(-c7nc(-c8cccc(-c9ccccc9)c8)nc(-c8ccc9c(c8)oc8ccccc89)n7)c6c5c4)c3)cccc21. The summed E-state index contributed by atoms with van der Waals surface area (Å²) in [6.45, 7) is 4.67. The van der Waals surface area contributed by atoms with Gasteiger partial charge in [-0.1, -0.05) is 166 Å². The molecule has 0 bridgehead atoms. The van der Waals surface area contributed by atoms with E-state index in [1.165, 1.54) is 33.4 Å². The summed E-state index contributed by atoms with van der Waals surface area (Å²) in [7, 11) is 0. The van der Waals surface area contributed by atoms with Crippen LogP contribution in [0, 0.1) is 0 Å². The molecule has 0 unspecified atom stereocenters. The van der Waals surface area contributed by atoms with Crippen molar-refractivity contribution < 1.29 is 8.83 Å². The van der Waals surface area contributed by atoms with Gasteiger partial charge in [-0.25, -0.2) is 15.0 Å². The predicted octanol–water partition coefficient (Wildman–Crippen LogP) is 16.0. The first-order valence-corrected chi connectivity index (χ1v) is 22.1. The number of fused-ring (bicyclic) bond motifs is 9. The lowest BCUT2D eigenvalue weighted by atomic mass is 9.82. The first-order chi connectivity index (χ1) is 31.9. The maximum Gasteiger partial charge on any atom is 0.164 e. The third-order valence-corrected chi connectivity index (χ3v) is 13.4. The number of hydrogen-bond donors (Lipinski definition) is 0. The van der Waals surface area contributed by atoms with E-state index in [4.69, 9.17) is 23.8 Å². The van der Waals surface area contributed by atoms with Gasteiger partial charge < -0.3 is 8.83 Å². The summed E-state index contributed by atoms with van der Waals surface area (Å²) in [6, 6.07) is 70.3. The summed E-state index contributed by atoms with van der Waals surface area (Å²) in [4.78, 5) is 15.7. The van der Waals surface area contributed by atoms with Gasteiger partial charge in [-0.15, -0.1) is 0 Å². The van der Waals surface area contributed by atoms with Gasteiger partial charge in [-0.2, -0.15) is 0 Å². The van der Waals surface area contributed by atoms with E-state index >= 15 is 0 Å². The fraction of sp³-hybridized carbons (Fsp3) is 0.0500. The second-order valence-electron chi connectivity index (χ2n) is 17.5. The summed E-state index contributed by atoms with van der Waals surface area (Å²) in [5, 5.41) is 4.07. The Kier molecular flexibility index (Phi) is 8.18. The van der Waals surface area contributed by atoms with Crippen LogP contribution >= 0.6 is 0 Å². The third kappa shape index (κ3) is 5.97. The van der Waals surface area contributed by atoms with Gasteiger partial charge in [0.25, 0.3) is 0 Å². The molecule has 0 saturated carbocycles. The molecule has 0 amide bonds. The molecule has 0 fully saturated rings. The summed E-state index contributed by atoms with van der Waals surface area (Å²) in [6.07, 6.45) is 0. The fourth-order valence-corrected chi connectivity index (χ4v) is 10.1. The van der Waals surface area contributed by atoms with Crippen LogP contribution < -0.4 is 0 Å². The third-order valence-electron chi connectivity index (χ3n) is 13.4. The molecule has 13 rings (SSSR count). The van der Waals surface area contributed by atoms with Crippen LogP contribution in [0.15, 0.2) is 209 Å². The van der Waals surface area contributed by atoms with E-state index in [9.17, 15) is 0 Å². The van der Waals surface area contributed by atoms with Gasteiger partial charge in [-0.05, 0) is 104 Å². The molecule has 306 valence electrons. The molecule has 0 spiro atoms. The zero-order chi connectivity index (χ0) is 43.2. The molecule has 5 nitrogen and oxygen atoms in total. The van der Waals surface area contributed by atoms with E-state index in [0.29, 0.717) is 17.5 Å². The summed E-state index contributed by atoms with van der Waals surface area (Å²) in [5.41, 5.74) is 18.0. The normalized spacial score (nSPS) is 12.9. The molecule has 9 aromatic carbocycles. The second kappa shape index (κ2) is 14.3. The van der Waals surface area contributed by atoms with Crippen LogP contribution in [0.3, 0.4) is 0 Å². The Morgan fingerprint density at radius 3 is 1.74 bits per heavy atom. The molecule has 1 aliphatic rings. The molecule has 5 heteroatoms. The smallest absolute Gasteiger partial charge is 0.164 e. The van der Waals surface area contributed by atoms with Crippen molar-refractivity contribution in [2.75, 3.05) is 0 Å². The van der Waals surface area contributed by atoms with Crippen LogP contribution in [0.2, 0.25) is 0 Å². The predicted molar refractivity (Wildman–Crippen MR) is 265 cm³/mol. The molecule has 0 atom stereocenters. The van der Waals surface area contributed by atoms with Gasteiger partial charge in [0.1, 0.15) is 22.3 Å². The van der Waals surface area contributed by atoms with Gasteiger partial charge in [-0.3, -0.25) is 0 Å². The summed E-state index contributed by atoms with van der Waals surface area (Å²) in [5.74, 6) is 1.69. The minimum absolute atomic E-state index is 0.0704. The van der Waals surface area contributed by atoms with E-state index in [2.05, 4.69) is 172 Å². The molecular formula is C60H39N3O2. The Labute approximate surface area is 375 Å². The van der Waals surface area contributed by atoms with E-state index < -0.39 is 0 Å². The summed E-state index contributed by atoms with van der Waals surface area (Å²) >= 11 is 0. The Balaban J connectivity index is 0.967. The number of rotatable bonds is 6. The molecular weight excluding hydrogens is 795 g/mol. The van der Waals surface area contributed by atoms with Gasteiger partial charge >= 0.3 is 0 Å². The van der Waals surface area contributed by atoms with Crippen molar-refractivity contribution >= 4 is 43.9 Å². The van der Waals surface area contributed by atoms with E-state index in [1.54, 1.807) is 0 Å². The molecule has 65 heavy (non-hydrogen) atoms. The van der Waals surface area contributed by atoms with E-state index in [0.717, 1.165) is 82.8 Å². The van der Waals surface area contributed by atoms with Crippen LogP contribution in [-0.2, 0) is 5.41 Å². The average molecular weight is 834 g/mol. The molecule has 0 saturated heterocycles. The second-order valence-corrected chi connectivity index (χ2v) is 17.5. The molecule has 0 radical (unpaired) electrons. The highest BCUT2D eigenvalue weighted by Crippen LogP contribution is 2.52. The van der Waals surface area contributed by atoms with Crippen molar-refractivity contribution in [1.29, 1.82) is 0 Å². The first-order valence-electron chi connectivity index (χ1n) is 22.1. The number of benzene rings is 9. The minimum Gasteiger partial charge on any atom is -0.456 e. The Morgan fingerprint density at radius 1 is 0.323 bits per heavy atom. The largest absolute Gasteiger partial charge is 0.456 e. The van der Waals surface area contributed by atoms with E-state index in [1.807, 2.05) is 42.5 Å². The van der Waals surface area contributed by atoms with Crippen molar-refractivity contribution in [3.05, 3.63) is 211 Å². The van der Waals surface area contributed by atoms with Crippen molar-refractivity contribution in [1.82, 2.24) is 15.0 Å². The maximum atomic E-state index is 6.59. The lowest BCUT2D eigenvalue weighted by Crippen LogP contribution is -2.14. The van der Waals surface area contributed by atoms with Crippen molar-refractivity contribution in [2.24, 2.45) is 0 Å². The first kappa shape index (κ1) is 37.2. The number of furan rings is 2. The average Bonchev–Trinajstić information content (AvgIpc) is 4.01. The molecule has 3 heterocycles. The highest BCUT2D eigenvalue weighted by Gasteiger charge is 2.36. The zero-order valence-electron chi connectivity index (χ0n) is 35.7. The lowest BCUT2D eigenvalue weighted by Gasteiger charge is -2.21. The number of hydrogen-bond acceptors (Lipinski definition) is 5. The number of aromatic nitrogens is 3. The number of nitrogens with zero attached hydrogens (tertiary/aromatic N) is 3. The van der Waals surface area contributed by atoms with E-state index in [-0.39, 0.29) is 5.41 Å². The Morgan fingerprint density at radius 2 is 0.862 bits per heavy atom. The zero-order valence-corrected chi connectivity index (χ0v) is 35.7. The molecule has 3 aromatic heterocycles. The van der Waals surface area contributed by atoms with Gasteiger partial charge in [0, 0.05) is 43.7 Å². The molecule has 1 aliphatic carbocycles. The van der Waals surface area contributed by atoms with Crippen LogP contribution in [0.25, 0.3) is 123 Å². The molecule has 12 aromatic rings. The van der Waals surface area contributed by atoms with Gasteiger partial charge in [0.05, 0.1) is 0 Å². The van der Waals surface area contributed by atoms with Crippen LogP contribution in [0.5, 0.6) is 0 Å². The van der Waals surface area contributed by atoms with Crippen molar-refractivity contribution in [3.63, 3.8) is 0 Å².